The highest BCUT2D eigenvalue weighted by Crippen LogP contribution is 2.15. The lowest BCUT2D eigenvalue weighted by molar-refractivity contribution is -0.121. The molecule has 0 aliphatic carbocycles. The summed E-state index contributed by atoms with van der Waals surface area (Å²) in [4.78, 5) is 22.8. The molecule has 2 amide bonds. The van der Waals surface area contributed by atoms with Gasteiger partial charge in [0.1, 0.15) is 0 Å². The van der Waals surface area contributed by atoms with Crippen molar-refractivity contribution in [2.45, 2.75) is 13.3 Å². The van der Waals surface area contributed by atoms with Crippen LogP contribution in [-0.4, -0.2) is 31.4 Å². The van der Waals surface area contributed by atoms with Crippen molar-refractivity contribution < 1.29 is 9.59 Å². The van der Waals surface area contributed by atoms with E-state index in [0.29, 0.717) is 19.5 Å². The second kappa shape index (κ2) is 8.66. The Morgan fingerprint density at radius 1 is 1.26 bits per heavy atom. The van der Waals surface area contributed by atoms with E-state index in [1.807, 2.05) is 31.2 Å². The molecule has 1 rings (SSSR count). The number of anilines is 1. The quantitative estimate of drug-likeness (QED) is 0.665. The van der Waals surface area contributed by atoms with Crippen molar-refractivity contribution in [2.24, 2.45) is 0 Å². The third-order valence-corrected chi connectivity index (χ3v) is 2.79. The fourth-order valence-corrected chi connectivity index (χ4v) is 1.86. The summed E-state index contributed by atoms with van der Waals surface area (Å²) in [6, 6.07) is 7.38. The molecule has 19 heavy (non-hydrogen) atoms. The van der Waals surface area contributed by atoms with Crippen LogP contribution in [0.5, 0.6) is 0 Å². The van der Waals surface area contributed by atoms with Gasteiger partial charge in [-0.3, -0.25) is 9.59 Å². The average molecular weight is 328 g/mol. The molecule has 3 N–H and O–H groups in total. The molecule has 0 bridgehead atoms. The van der Waals surface area contributed by atoms with Gasteiger partial charge in [-0.05, 0) is 25.1 Å². The van der Waals surface area contributed by atoms with Crippen LogP contribution in [0.1, 0.15) is 13.3 Å². The molecule has 1 aromatic carbocycles. The van der Waals surface area contributed by atoms with Gasteiger partial charge in [-0.2, -0.15) is 0 Å². The van der Waals surface area contributed by atoms with Gasteiger partial charge in [0.2, 0.25) is 11.8 Å². The van der Waals surface area contributed by atoms with Crippen LogP contribution in [0.3, 0.4) is 0 Å². The molecule has 104 valence electrons. The maximum absolute atomic E-state index is 11.6. The smallest absolute Gasteiger partial charge is 0.238 e. The first kappa shape index (κ1) is 15.7. The van der Waals surface area contributed by atoms with E-state index in [9.17, 15) is 9.59 Å². The first-order valence-corrected chi connectivity index (χ1v) is 6.94. The van der Waals surface area contributed by atoms with Crippen LogP contribution in [0.4, 0.5) is 5.69 Å². The molecule has 0 aliphatic rings. The minimum atomic E-state index is -0.131. The summed E-state index contributed by atoms with van der Waals surface area (Å²) in [5, 5.41) is 8.38. The predicted molar refractivity (Wildman–Crippen MR) is 78.9 cm³/mol. The summed E-state index contributed by atoms with van der Waals surface area (Å²) in [6.07, 6.45) is 0.373. The molecule has 0 aromatic heterocycles. The van der Waals surface area contributed by atoms with Gasteiger partial charge >= 0.3 is 0 Å². The molecule has 0 unspecified atom stereocenters. The van der Waals surface area contributed by atoms with E-state index < -0.39 is 0 Å². The first-order valence-electron chi connectivity index (χ1n) is 6.14. The van der Waals surface area contributed by atoms with Crippen molar-refractivity contribution in [3.8, 4) is 0 Å². The maximum atomic E-state index is 11.6. The number of carbonyl (C=O) groups is 2. The molecule has 0 heterocycles. The maximum Gasteiger partial charge on any atom is 0.238 e. The zero-order chi connectivity index (χ0) is 14.1. The normalized spacial score (nSPS) is 10.0. The Balaban J connectivity index is 2.20. The van der Waals surface area contributed by atoms with Crippen molar-refractivity contribution in [3.05, 3.63) is 28.7 Å². The molecule has 6 heteroatoms. The highest BCUT2D eigenvalue weighted by molar-refractivity contribution is 9.10. The molecule has 0 aliphatic heterocycles. The minimum Gasteiger partial charge on any atom is -0.356 e. The van der Waals surface area contributed by atoms with Crippen LogP contribution in [-0.2, 0) is 9.59 Å². The number of benzene rings is 1. The van der Waals surface area contributed by atoms with Crippen LogP contribution < -0.4 is 16.0 Å². The molecule has 0 saturated carbocycles. The third kappa shape index (κ3) is 6.93. The second-order valence-electron chi connectivity index (χ2n) is 3.94. The number of hydrogen-bond donors (Lipinski definition) is 3. The van der Waals surface area contributed by atoms with E-state index in [0.717, 1.165) is 10.2 Å². The van der Waals surface area contributed by atoms with Crippen LogP contribution >= 0.6 is 15.9 Å². The highest BCUT2D eigenvalue weighted by atomic mass is 79.9. The average Bonchev–Trinajstić information content (AvgIpc) is 2.35. The van der Waals surface area contributed by atoms with Gasteiger partial charge in [-0.15, -0.1) is 0 Å². The van der Waals surface area contributed by atoms with E-state index in [1.54, 1.807) is 0 Å². The lowest BCUT2D eigenvalue weighted by Gasteiger charge is -2.07. The minimum absolute atomic E-state index is 0.0117. The summed E-state index contributed by atoms with van der Waals surface area (Å²) in [6.45, 7) is 3.17. The van der Waals surface area contributed by atoms with Gasteiger partial charge in [-0.25, -0.2) is 0 Å². The summed E-state index contributed by atoms with van der Waals surface area (Å²) in [5.41, 5.74) is 0.741. The van der Waals surface area contributed by atoms with E-state index in [4.69, 9.17) is 0 Å². The van der Waals surface area contributed by atoms with Crippen molar-refractivity contribution >= 4 is 33.4 Å². The fraction of sp³-hybridized carbons (Fsp3) is 0.385. The molecule has 1 aromatic rings. The summed E-state index contributed by atoms with van der Waals surface area (Å²) < 4.78 is 0.912. The Bertz CT molecular complexity index is 438. The van der Waals surface area contributed by atoms with Gasteiger partial charge < -0.3 is 16.0 Å². The van der Waals surface area contributed by atoms with E-state index in [-0.39, 0.29) is 18.4 Å². The Morgan fingerprint density at radius 3 is 2.74 bits per heavy atom. The summed E-state index contributed by atoms with van der Waals surface area (Å²) in [7, 11) is 0. The third-order valence-electron chi connectivity index (χ3n) is 2.30. The number of amides is 2. The van der Waals surface area contributed by atoms with Crippen LogP contribution in [0.2, 0.25) is 0 Å². The largest absolute Gasteiger partial charge is 0.356 e. The van der Waals surface area contributed by atoms with Crippen LogP contribution in [0.15, 0.2) is 28.7 Å². The summed E-state index contributed by atoms with van der Waals surface area (Å²) >= 11 is 3.34. The zero-order valence-electron chi connectivity index (χ0n) is 10.8. The zero-order valence-corrected chi connectivity index (χ0v) is 12.4. The van der Waals surface area contributed by atoms with Crippen molar-refractivity contribution in [1.82, 2.24) is 10.6 Å². The Morgan fingerprint density at radius 2 is 2.05 bits per heavy atom. The number of nitrogens with one attached hydrogen (secondary N) is 3. The Labute approximate surface area is 121 Å². The van der Waals surface area contributed by atoms with Crippen LogP contribution in [0, 0.1) is 0 Å². The van der Waals surface area contributed by atoms with Gasteiger partial charge in [0.25, 0.3) is 0 Å². The monoisotopic (exact) mass is 327 g/mol. The molecular weight excluding hydrogens is 310 g/mol. The van der Waals surface area contributed by atoms with E-state index in [2.05, 4.69) is 31.9 Å². The second-order valence-corrected chi connectivity index (χ2v) is 4.85. The van der Waals surface area contributed by atoms with Crippen molar-refractivity contribution in [3.63, 3.8) is 0 Å². The SMILES string of the molecule is CCNC(=O)CCNCC(=O)Nc1cccc(Br)c1. The van der Waals surface area contributed by atoms with Gasteiger partial charge in [0.05, 0.1) is 6.54 Å². The highest BCUT2D eigenvalue weighted by Gasteiger charge is 2.03. The summed E-state index contributed by atoms with van der Waals surface area (Å²) in [5.74, 6) is -0.142. The number of hydrogen-bond acceptors (Lipinski definition) is 3. The number of rotatable bonds is 7. The molecule has 0 fully saturated rings. The Hall–Kier alpha value is -1.40. The molecule has 5 nitrogen and oxygen atoms in total. The molecule has 0 saturated heterocycles. The van der Waals surface area contributed by atoms with Gasteiger partial charge in [0, 0.05) is 29.7 Å². The van der Waals surface area contributed by atoms with Crippen molar-refractivity contribution in [2.75, 3.05) is 25.0 Å². The van der Waals surface area contributed by atoms with Gasteiger partial charge in [-0.1, -0.05) is 22.0 Å². The van der Waals surface area contributed by atoms with Crippen molar-refractivity contribution in [1.29, 1.82) is 0 Å². The lowest BCUT2D eigenvalue weighted by Crippen LogP contribution is -2.32. The first-order chi connectivity index (χ1) is 9.11. The predicted octanol–water partition coefficient (Wildman–Crippen LogP) is 1.50. The molecule has 0 atom stereocenters. The standard InChI is InChI=1S/C13H18BrN3O2/c1-2-16-12(18)6-7-15-9-13(19)17-11-5-3-4-10(14)8-11/h3-5,8,15H,2,6-7,9H2,1H3,(H,16,18)(H,17,19). The molecular formula is C13H18BrN3O2. The topological polar surface area (TPSA) is 70.2 Å². The van der Waals surface area contributed by atoms with E-state index in [1.165, 1.54) is 0 Å². The fourth-order valence-electron chi connectivity index (χ4n) is 1.46. The Kier molecular flexibility index (Phi) is 7.14. The lowest BCUT2D eigenvalue weighted by atomic mass is 10.3. The molecule has 0 radical (unpaired) electrons. The molecule has 0 spiro atoms. The number of carbonyl (C=O) groups excluding carboxylic acids is 2. The van der Waals surface area contributed by atoms with Gasteiger partial charge in [0.15, 0.2) is 0 Å². The van der Waals surface area contributed by atoms with E-state index >= 15 is 0 Å². The van der Waals surface area contributed by atoms with Crippen LogP contribution in [0.25, 0.3) is 0 Å². The number of halogens is 1.